The number of carboxylic acid groups (broad SMARTS) is 1. The number of thiophene rings is 1. The Morgan fingerprint density at radius 2 is 2.10 bits per heavy atom. The van der Waals surface area contributed by atoms with Crippen molar-refractivity contribution in [1.29, 1.82) is 0 Å². The highest BCUT2D eigenvalue weighted by molar-refractivity contribution is 7.91. The molecule has 2 N–H and O–H groups in total. The van der Waals surface area contributed by atoms with Crippen LogP contribution >= 0.6 is 11.3 Å². The molecule has 8 heteroatoms. The van der Waals surface area contributed by atoms with Gasteiger partial charge in [-0.3, -0.25) is 9.78 Å². The van der Waals surface area contributed by atoms with Crippen LogP contribution in [0.1, 0.15) is 10.6 Å². The molecule has 0 fully saturated rings. The van der Waals surface area contributed by atoms with Gasteiger partial charge < -0.3 is 5.11 Å². The molecule has 2 aromatic heterocycles. The number of rotatable bonds is 7. The molecule has 6 nitrogen and oxygen atoms in total. The minimum Gasteiger partial charge on any atom is -0.481 e. The number of nitrogens with one attached hydrogen (secondary N) is 1. The molecule has 2 heterocycles. The number of hydrogen-bond donors (Lipinski definition) is 2. The van der Waals surface area contributed by atoms with Crippen LogP contribution in [0.15, 0.2) is 40.7 Å². The average Bonchev–Trinajstić information content (AvgIpc) is 2.88. The normalized spacial score (nSPS) is 11.4. The molecule has 0 spiro atoms. The number of carbonyl (C=O) groups is 1. The fourth-order valence-corrected chi connectivity index (χ4v) is 4.10. The molecule has 112 valence electrons. The summed E-state index contributed by atoms with van der Waals surface area (Å²) in [6.45, 7) is 0.242. The monoisotopic (exact) mass is 326 g/mol. The SMILES string of the molecule is O=C(O)Cc1ccc(S(=O)(=O)NCCc2ccccn2)s1. The first kappa shape index (κ1) is 15.6. The van der Waals surface area contributed by atoms with E-state index in [1.54, 1.807) is 12.3 Å². The van der Waals surface area contributed by atoms with Crippen LogP contribution < -0.4 is 4.72 Å². The predicted molar refractivity (Wildman–Crippen MR) is 78.8 cm³/mol. The van der Waals surface area contributed by atoms with E-state index in [0.717, 1.165) is 17.0 Å². The van der Waals surface area contributed by atoms with Crippen molar-refractivity contribution in [2.75, 3.05) is 6.54 Å². The Balaban J connectivity index is 1.95. The third kappa shape index (κ3) is 4.62. The molecule has 0 aliphatic heterocycles. The average molecular weight is 326 g/mol. The molecule has 2 rings (SSSR count). The summed E-state index contributed by atoms with van der Waals surface area (Å²) in [6, 6.07) is 8.40. The highest BCUT2D eigenvalue weighted by Crippen LogP contribution is 2.21. The van der Waals surface area contributed by atoms with Crippen LogP contribution in [0.2, 0.25) is 0 Å². The highest BCUT2D eigenvalue weighted by Gasteiger charge is 2.17. The van der Waals surface area contributed by atoms with E-state index in [9.17, 15) is 13.2 Å². The van der Waals surface area contributed by atoms with Gasteiger partial charge in [0.25, 0.3) is 0 Å². The lowest BCUT2D eigenvalue weighted by Crippen LogP contribution is -2.25. The molecule has 21 heavy (non-hydrogen) atoms. The minimum absolute atomic E-state index is 0.125. The number of aliphatic carboxylic acids is 1. The lowest BCUT2D eigenvalue weighted by molar-refractivity contribution is -0.136. The predicted octanol–water partition coefficient (Wildman–Crippen LogP) is 1.29. The zero-order chi connectivity index (χ0) is 15.3. The van der Waals surface area contributed by atoms with Crippen molar-refractivity contribution in [2.45, 2.75) is 17.1 Å². The Hall–Kier alpha value is -1.77. The van der Waals surface area contributed by atoms with Crippen LogP contribution in [-0.4, -0.2) is 31.0 Å². The summed E-state index contributed by atoms with van der Waals surface area (Å²) < 4.78 is 26.7. The van der Waals surface area contributed by atoms with Crippen molar-refractivity contribution < 1.29 is 18.3 Å². The van der Waals surface area contributed by atoms with E-state index in [0.29, 0.717) is 11.3 Å². The number of pyridine rings is 1. The first-order chi connectivity index (χ1) is 9.97. The molecule has 0 saturated carbocycles. The Bertz CT molecular complexity index is 711. The molecule has 0 aliphatic carbocycles. The number of aromatic nitrogens is 1. The maximum absolute atomic E-state index is 12.1. The number of carboxylic acids is 1. The summed E-state index contributed by atoms with van der Waals surface area (Å²) in [7, 11) is -3.60. The van der Waals surface area contributed by atoms with E-state index in [2.05, 4.69) is 9.71 Å². The zero-order valence-electron chi connectivity index (χ0n) is 11.0. The molecule has 0 radical (unpaired) electrons. The van der Waals surface area contributed by atoms with Crippen molar-refractivity contribution in [3.8, 4) is 0 Å². The Kier molecular flexibility index (Phi) is 5.05. The van der Waals surface area contributed by atoms with Gasteiger partial charge >= 0.3 is 5.97 Å². The van der Waals surface area contributed by atoms with Crippen LogP contribution in [0.25, 0.3) is 0 Å². The van der Waals surface area contributed by atoms with Gasteiger partial charge in [-0.15, -0.1) is 11.3 Å². The van der Waals surface area contributed by atoms with Crippen molar-refractivity contribution in [2.24, 2.45) is 0 Å². The van der Waals surface area contributed by atoms with Gasteiger partial charge in [-0.05, 0) is 24.3 Å². The molecular formula is C13H14N2O4S2. The first-order valence-corrected chi connectivity index (χ1v) is 8.47. The van der Waals surface area contributed by atoms with Crippen LogP contribution in [0.3, 0.4) is 0 Å². The summed E-state index contributed by atoms with van der Waals surface area (Å²) in [5.41, 5.74) is 0.804. The van der Waals surface area contributed by atoms with Gasteiger partial charge in [0.1, 0.15) is 4.21 Å². The zero-order valence-corrected chi connectivity index (χ0v) is 12.7. The number of sulfonamides is 1. The molecule has 0 bridgehead atoms. The largest absolute Gasteiger partial charge is 0.481 e. The molecule has 2 aromatic rings. The summed E-state index contributed by atoms with van der Waals surface area (Å²) in [6.07, 6.45) is 1.98. The van der Waals surface area contributed by atoms with Crippen molar-refractivity contribution in [1.82, 2.24) is 9.71 Å². The Labute approximate surface area is 126 Å². The maximum atomic E-state index is 12.1. The smallest absolute Gasteiger partial charge is 0.308 e. The second kappa shape index (κ2) is 6.79. The van der Waals surface area contributed by atoms with Crippen molar-refractivity contribution in [3.05, 3.63) is 47.1 Å². The van der Waals surface area contributed by atoms with Crippen LogP contribution in [-0.2, 0) is 27.7 Å². The molecule has 0 aliphatic rings. The van der Waals surface area contributed by atoms with Gasteiger partial charge in [0.2, 0.25) is 10.0 Å². The summed E-state index contributed by atoms with van der Waals surface area (Å²) in [4.78, 5) is 15.2. The van der Waals surface area contributed by atoms with E-state index in [-0.39, 0.29) is 17.2 Å². The number of nitrogens with zero attached hydrogens (tertiary/aromatic N) is 1. The second-order valence-corrected chi connectivity index (χ2v) is 7.42. The summed E-state index contributed by atoms with van der Waals surface area (Å²) in [5.74, 6) is -0.982. The first-order valence-electron chi connectivity index (χ1n) is 6.17. The van der Waals surface area contributed by atoms with Crippen molar-refractivity contribution >= 4 is 27.3 Å². The quantitative estimate of drug-likeness (QED) is 0.799. The third-order valence-electron chi connectivity index (χ3n) is 2.63. The molecule has 0 unspecified atom stereocenters. The highest BCUT2D eigenvalue weighted by atomic mass is 32.2. The summed E-state index contributed by atoms with van der Waals surface area (Å²) >= 11 is 0.967. The molecule has 0 amide bonds. The lowest BCUT2D eigenvalue weighted by Gasteiger charge is -2.04. The topological polar surface area (TPSA) is 96.4 Å². The van der Waals surface area contributed by atoms with Gasteiger partial charge in [0.15, 0.2) is 0 Å². The fraction of sp³-hybridized carbons (Fsp3) is 0.231. The van der Waals surface area contributed by atoms with E-state index >= 15 is 0 Å². The van der Waals surface area contributed by atoms with E-state index < -0.39 is 16.0 Å². The van der Waals surface area contributed by atoms with E-state index in [4.69, 9.17) is 5.11 Å². The standard InChI is InChI=1S/C13H14N2O4S2/c16-12(17)9-11-4-5-13(20-11)21(18,19)15-8-6-10-3-1-2-7-14-10/h1-5,7,15H,6,8-9H2,(H,16,17). The Morgan fingerprint density at radius 1 is 1.29 bits per heavy atom. The number of hydrogen-bond acceptors (Lipinski definition) is 5. The Morgan fingerprint density at radius 3 is 2.76 bits per heavy atom. The molecule has 0 saturated heterocycles. The van der Waals surface area contributed by atoms with Crippen LogP contribution in [0, 0.1) is 0 Å². The molecular weight excluding hydrogens is 312 g/mol. The maximum Gasteiger partial charge on any atom is 0.308 e. The minimum atomic E-state index is -3.60. The van der Waals surface area contributed by atoms with Gasteiger partial charge in [0.05, 0.1) is 6.42 Å². The molecule has 0 aromatic carbocycles. The van der Waals surface area contributed by atoms with Crippen LogP contribution in [0.4, 0.5) is 0 Å². The van der Waals surface area contributed by atoms with Gasteiger partial charge in [-0.1, -0.05) is 6.07 Å². The second-order valence-electron chi connectivity index (χ2n) is 4.26. The lowest BCUT2D eigenvalue weighted by atomic mass is 10.3. The van der Waals surface area contributed by atoms with Gasteiger partial charge in [0, 0.05) is 29.7 Å². The third-order valence-corrected chi connectivity index (χ3v) is 5.66. The van der Waals surface area contributed by atoms with Crippen LogP contribution in [0.5, 0.6) is 0 Å². The summed E-state index contributed by atoms with van der Waals surface area (Å²) in [5, 5.41) is 8.68. The fourth-order valence-electron chi connectivity index (χ4n) is 1.68. The molecule has 0 atom stereocenters. The van der Waals surface area contributed by atoms with E-state index in [1.165, 1.54) is 12.1 Å². The van der Waals surface area contributed by atoms with Gasteiger partial charge in [-0.25, -0.2) is 13.1 Å². The van der Waals surface area contributed by atoms with Gasteiger partial charge in [-0.2, -0.15) is 0 Å². The van der Waals surface area contributed by atoms with E-state index in [1.807, 2.05) is 12.1 Å². The van der Waals surface area contributed by atoms with Crippen molar-refractivity contribution in [3.63, 3.8) is 0 Å².